The molecule has 2 aromatic rings. The van der Waals surface area contributed by atoms with Crippen LogP contribution in [-0.2, 0) is 23.1 Å². The van der Waals surface area contributed by atoms with Crippen LogP contribution in [0.4, 0.5) is 4.39 Å². The van der Waals surface area contributed by atoms with Crippen LogP contribution in [0.1, 0.15) is 48.2 Å². The summed E-state index contributed by atoms with van der Waals surface area (Å²) in [5, 5.41) is 12.8. The van der Waals surface area contributed by atoms with Gasteiger partial charge in [-0.05, 0) is 24.6 Å². The summed E-state index contributed by atoms with van der Waals surface area (Å²) in [6.45, 7) is 4.14. The highest BCUT2D eigenvalue weighted by Crippen LogP contribution is 2.32. The summed E-state index contributed by atoms with van der Waals surface area (Å²) in [5.74, 6) is -1.96. The molecule has 2 heterocycles. The van der Waals surface area contributed by atoms with E-state index in [0.717, 1.165) is 4.57 Å². The Kier molecular flexibility index (Phi) is 6.69. The van der Waals surface area contributed by atoms with Crippen molar-refractivity contribution in [3.8, 4) is 5.75 Å². The van der Waals surface area contributed by atoms with Crippen LogP contribution in [0.2, 0.25) is 0 Å². The fourth-order valence-electron chi connectivity index (χ4n) is 3.68. The molecule has 1 aliphatic heterocycles. The Hall–Kier alpha value is -3.27. The number of aromatic hydroxyl groups is 1. The first kappa shape index (κ1) is 22.4. The van der Waals surface area contributed by atoms with Gasteiger partial charge < -0.3 is 20.1 Å². The topological polar surface area (TPSA) is 114 Å². The number of hydrogen-bond donors (Lipinski definition) is 2. The van der Waals surface area contributed by atoms with E-state index in [9.17, 15) is 23.9 Å². The third-order valence-electron chi connectivity index (χ3n) is 5.25. The maximum Gasteiger partial charge on any atom is 0.296 e. The molecule has 2 unspecified atom stereocenters. The van der Waals surface area contributed by atoms with Gasteiger partial charge in [-0.1, -0.05) is 12.1 Å². The van der Waals surface area contributed by atoms with E-state index < -0.39 is 34.8 Å². The average Bonchev–Trinajstić information content (AvgIpc) is 3.16. The molecule has 2 amide bonds. The first-order valence-corrected chi connectivity index (χ1v) is 9.94. The number of nitrogens with zero attached hydrogens (tertiary/aromatic N) is 3. The van der Waals surface area contributed by atoms with Crippen molar-refractivity contribution in [2.45, 2.75) is 39.0 Å². The van der Waals surface area contributed by atoms with Crippen LogP contribution in [0.3, 0.4) is 0 Å². The molecule has 3 rings (SSSR count). The number of nitrogens with one attached hydrogen (secondary N) is 1. The number of benzene rings is 1. The molecule has 1 fully saturated rings. The monoisotopic (exact) mass is 432 g/mol. The minimum absolute atomic E-state index is 0.0557. The lowest BCUT2D eigenvalue weighted by molar-refractivity contribution is -0.130. The normalized spacial score (nSPS) is 18.3. The second-order valence-electron chi connectivity index (χ2n) is 7.34. The Labute approximate surface area is 178 Å². The maximum absolute atomic E-state index is 13.0. The predicted octanol–water partition coefficient (Wildman–Crippen LogP) is 1.25. The van der Waals surface area contributed by atoms with Crippen LogP contribution < -0.4 is 10.9 Å². The molecule has 1 aliphatic rings. The Morgan fingerprint density at radius 1 is 1.32 bits per heavy atom. The smallest absolute Gasteiger partial charge is 0.296 e. The Bertz CT molecular complexity index is 1040. The van der Waals surface area contributed by atoms with E-state index in [0.29, 0.717) is 25.1 Å². The number of halogens is 1. The number of aromatic nitrogens is 2. The highest BCUT2D eigenvalue weighted by Gasteiger charge is 2.38. The summed E-state index contributed by atoms with van der Waals surface area (Å²) in [4.78, 5) is 43.2. The zero-order valence-corrected chi connectivity index (χ0v) is 17.6. The number of rotatable bonds is 6. The summed E-state index contributed by atoms with van der Waals surface area (Å²) in [5.41, 5.74) is -0.583. The van der Waals surface area contributed by atoms with Gasteiger partial charge in [0.05, 0.1) is 12.1 Å². The van der Waals surface area contributed by atoms with E-state index in [1.807, 2.05) is 6.92 Å². The predicted molar refractivity (Wildman–Crippen MR) is 109 cm³/mol. The molecule has 0 spiro atoms. The second kappa shape index (κ2) is 9.25. The quantitative estimate of drug-likeness (QED) is 0.710. The van der Waals surface area contributed by atoms with Gasteiger partial charge in [0.15, 0.2) is 5.69 Å². The molecule has 0 radical (unpaired) electrons. The third kappa shape index (κ3) is 4.74. The van der Waals surface area contributed by atoms with Crippen molar-refractivity contribution in [1.82, 2.24) is 19.8 Å². The molecule has 2 atom stereocenters. The molecule has 10 heteroatoms. The number of carbonyl (C=O) groups excluding carboxylic acids is 2. The van der Waals surface area contributed by atoms with Gasteiger partial charge in [0.1, 0.15) is 11.6 Å². The van der Waals surface area contributed by atoms with Gasteiger partial charge in [0.25, 0.3) is 11.5 Å². The number of likely N-dealkylation sites (tertiary alicyclic amines) is 1. The fourth-order valence-corrected chi connectivity index (χ4v) is 3.68. The lowest BCUT2D eigenvalue weighted by atomic mass is 10.1. The van der Waals surface area contributed by atoms with Gasteiger partial charge in [-0.2, -0.15) is 0 Å². The second-order valence-corrected chi connectivity index (χ2v) is 7.34. The zero-order chi connectivity index (χ0) is 22.7. The van der Waals surface area contributed by atoms with Gasteiger partial charge in [0, 0.05) is 40.1 Å². The van der Waals surface area contributed by atoms with Crippen molar-refractivity contribution in [2.75, 3.05) is 13.2 Å². The summed E-state index contributed by atoms with van der Waals surface area (Å²) in [6, 6.07) is 4.97. The Balaban J connectivity index is 1.90. The average molecular weight is 432 g/mol. The molecule has 1 aromatic heterocycles. The summed E-state index contributed by atoms with van der Waals surface area (Å²) < 4.78 is 19.8. The molecule has 0 bridgehead atoms. The Morgan fingerprint density at radius 2 is 2.00 bits per heavy atom. The van der Waals surface area contributed by atoms with Crippen molar-refractivity contribution in [3.05, 3.63) is 57.5 Å². The molecule has 2 N–H and O–H groups in total. The highest BCUT2D eigenvalue weighted by atomic mass is 19.1. The van der Waals surface area contributed by atoms with Gasteiger partial charge in [-0.15, -0.1) is 0 Å². The van der Waals surface area contributed by atoms with Crippen molar-refractivity contribution in [1.29, 1.82) is 0 Å². The van der Waals surface area contributed by atoms with Crippen LogP contribution in [0.5, 0.6) is 5.75 Å². The molecule has 9 nitrogen and oxygen atoms in total. The van der Waals surface area contributed by atoms with Crippen molar-refractivity contribution < 1.29 is 23.8 Å². The first-order chi connectivity index (χ1) is 14.7. The van der Waals surface area contributed by atoms with Gasteiger partial charge >= 0.3 is 0 Å². The lowest BCUT2D eigenvalue weighted by Gasteiger charge is -2.24. The molecule has 0 saturated carbocycles. The largest absolute Gasteiger partial charge is 0.501 e. The summed E-state index contributed by atoms with van der Waals surface area (Å²) >= 11 is 0. The lowest BCUT2D eigenvalue weighted by Crippen LogP contribution is -2.35. The van der Waals surface area contributed by atoms with Crippen LogP contribution in [0, 0.1) is 5.82 Å². The third-order valence-corrected chi connectivity index (χ3v) is 5.25. The van der Waals surface area contributed by atoms with Crippen molar-refractivity contribution in [2.24, 2.45) is 7.05 Å². The SMILES string of the molecule is CCOC1CC(c2nc(C(=O)NCc3ccc(F)cc3)c(O)c(=O)n2C)N(C(C)=O)C1. The first-order valence-electron chi connectivity index (χ1n) is 9.94. The van der Waals surface area contributed by atoms with Crippen LogP contribution in [0.15, 0.2) is 29.1 Å². The van der Waals surface area contributed by atoms with Gasteiger partial charge in [0.2, 0.25) is 11.7 Å². The van der Waals surface area contributed by atoms with Crippen LogP contribution >= 0.6 is 0 Å². The van der Waals surface area contributed by atoms with Crippen LogP contribution in [-0.4, -0.2) is 50.6 Å². The van der Waals surface area contributed by atoms with E-state index in [1.54, 1.807) is 4.90 Å². The molecule has 31 heavy (non-hydrogen) atoms. The van der Waals surface area contributed by atoms with Crippen LogP contribution in [0.25, 0.3) is 0 Å². The summed E-state index contributed by atoms with van der Waals surface area (Å²) in [6.07, 6.45) is 0.190. The summed E-state index contributed by atoms with van der Waals surface area (Å²) in [7, 11) is 1.43. The highest BCUT2D eigenvalue weighted by molar-refractivity contribution is 5.94. The van der Waals surface area contributed by atoms with E-state index in [2.05, 4.69) is 10.3 Å². The van der Waals surface area contributed by atoms with E-state index >= 15 is 0 Å². The molecule has 0 aliphatic carbocycles. The molecular formula is C21H25FN4O5. The number of hydrogen-bond acceptors (Lipinski definition) is 6. The maximum atomic E-state index is 13.0. The van der Waals surface area contributed by atoms with E-state index in [1.165, 1.54) is 38.2 Å². The van der Waals surface area contributed by atoms with E-state index in [-0.39, 0.29) is 24.4 Å². The van der Waals surface area contributed by atoms with E-state index in [4.69, 9.17) is 4.74 Å². The fraction of sp³-hybridized carbons (Fsp3) is 0.429. The minimum Gasteiger partial charge on any atom is -0.501 e. The number of carbonyl (C=O) groups is 2. The number of amides is 2. The zero-order valence-electron chi connectivity index (χ0n) is 17.6. The molecule has 1 aromatic carbocycles. The molecular weight excluding hydrogens is 407 g/mol. The molecule has 1 saturated heterocycles. The number of ether oxygens (including phenoxy) is 1. The standard InChI is InChI=1S/C21H25FN4O5/c1-4-31-15-9-16(26(11-15)12(2)27)19-24-17(18(28)21(30)25(19)3)20(29)23-10-13-5-7-14(22)8-6-13/h5-8,15-16,28H,4,9-11H2,1-3H3,(H,23,29). The van der Waals surface area contributed by atoms with Crippen molar-refractivity contribution >= 4 is 11.8 Å². The minimum atomic E-state index is -0.791. The molecule has 166 valence electrons. The van der Waals surface area contributed by atoms with Crippen molar-refractivity contribution in [3.63, 3.8) is 0 Å². The van der Waals surface area contributed by atoms with Gasteiger partial charge in [-0.3, -0.25) is 19.0 Å². The Morgan fingerprint density at radius 3 is 2.61 bits per heavy atom. The van der Waals surface area contributed by atoms with Gasteiger partial charge in [-0.25, -0.2) is 9.37 Å².